The van der Waals surface area contributed by atoms with E-state index < -0.39 is 0 Å². The fraction of sp³-hybridized carbons (Fsp3) is 0.308. The van der Waals surface area contributed by atoms with Crippen LogP contribution in [-0.2, 0) is 11.3 Å². The average molecular weight is 509 g/mol. The smallest absolute Gasteiger partial charge is 0.318 e. The van der Waals surface area contributed by atoms with Gasteiger partial charge in [0.1, 0.15) is 0 Å². The first-order valence-corrected chi connectivity index (χ1v) is 12.2. The van der Waals surface area contributed by atoms with E-state index in [0.717, 1.165) is 16.9 Å². The molecule has 188 valence electrons. The minimum Gasteiger partial charge on any atom is -0.345 e. The maximum absolute atomic E-state index is 13.7. The van der Waals surface area contributed by atoms with E-state index in [2.05, 4.69) is 10.4 Å². The molecule has 1 aromatic heterocycles. The Bertz CT molecular complexity index is 1260. The Morgan fingerprint density at radius 1 is 1.17 bits per heavy atom. The molecule has 0 aliphatic carbocycles. The van der Waals surface area contributed by atoms with Gasteiger partial charge in [0, 0.05) is 50.8 Å². The van der Waals surface area contributed by atoms with Crippen LogP contribution in [0.3, 0.4) is 0 Å². The molecule has 0 bridgehead atoms. The van der Waals surface area contributed by atoms with Crippen LogP contribution in [-0.4, -0.2) is 70.1 Å². The van der Waals surface area contributed by atoms with Crippen LogP contribution in [0.25, 0.3) is 5.69 Å². The quantitative estimate of drug-likeness (QED) is 0.570. The molecule has 1 aliphatic rings. The van der Waals surface area contributed by atoms with E-state index in [1.165, 1.54) is 0 Å². The Labute approximate surface area is 215 Å². The van der Waals surface area contributed by atoms with Crippen LogP contribution in [0.5, 0.6) is 0 Å². The van der Waals surface area contributed by atoms with Crippen LogP contribution in [0.4, 0.5) is 10.5 Å². The van der Waals surface area contributed by atoms with Crippen molar-refractivity contribution in [3.05, 3.63) is 77.1 Å². The van der Waals surface area contributed by atoms with Gasteiger partial charge in [0.25, 0.3) is 5.91 Å². The lowest BCUT2D eigenvalue weighted by Gasteiger charge is -2.29. The SMILES string of the molecule is CCN(C)C(=O)CNC(=O)N1Cc2ccccc2N(C(=O)c2ccc(-n3cccn3)cc2Cl)C[C@H]1C. The van der Waals surface area contributed by atoms with E-state index >= 15 is 0 Å². The highest BCUT2D eigenvalue weighted by molar-refractivity contribution is 6.34. The molecule has 0 fully saturated rings. The molecule has 2 heterocycles. The number of rotatable bonds is 5. The number of fused-ring (bicyclic) bond motifs is 1. The fourth-order valence-corrected chi connectivity index (χ4v) is 4.38. The predicted octanol–water partition coefficient (Wildman–Crippen LogP) is 3.56. The summed E-state index contributed by atoms with van der Waals surface area (Å²) >= 11 is 6.55. The highest BCUT2D eigenvalue weighted by Gasteiger charge is 2.32. The number of nitrogens with one attached hydrogen (secondary N) is 1. The van der Waals surface area contributed by atoms with Crippen molar-refractivity contribution in [2.45, 2.75) is 26.4 Å². The Hall–Kier alpha value is -3.85. The van der Waals surface area contributed by atoms with Crippen LogP contribution in [0.15, 0.2) is 60.9 Å². The van der Waals surface area contributed by atoms with Gasteiger partial charge >= 0.3 is 6.03 Å². The van der Waals surface area contributed by atoms with Crippen LogP contribution < -0.4 is 10.2 Å². The third kappa shape index (κ3) is 5.21. The van der Waals surface area contributed by atoms with E-state index in [1.54, 1.807) is 57.0 Å². The number of halogens is 1. The molecule has 3 aromatic rings. The molecular formula is C26H29ClN6O3. The van der Waals surface area contributed by atoms with Crippen molar-refractivity contribution in [3.63, 3.8) is 0 Å². The molecule has 4 rings (SSSR count). The van der Waals surface area contributed by atoms with Crippen LogP contribution >= 0.6 is 11.6 Å². The van der Waals surface area contributed by atoms with Crippen LogP contribution in [0, 0.1) is 0 Å². The van der Waals surface area contributed by atoms with Gasteiger partial charge in [-0.15, -0.1) is 0 Å². The first kappa shape index (κ1) is 25.2. The number of hydrogen-bond acceptors (Lipinski definition) is 4. The third-order valence-electron chi connectivity index (χ3n) is 6.35. The normalized spacial score (nSPS) is 15.2. The lowest BCUT2D eigenvalue weighted by Crippen LogP contribution is -2.50. The number of carbonyl (C=O) groups is 3. The van der Waals surface area contributed by atoms with Crippen LogP contribution in [0.1, 0.15) is 29.8 Å². The summed E-state index contributed by atoms with van der Waals surface area (Å²) < 4.78 is 1.67. The number of aromatic nitrogens is 2. The largest absolute Gasteiger partial charge is 0.345 e. The van der Waals surface area contributed by atoms with E-state index in [0.29, 0.717) is 23.7 Å². The van der Waals surface area contributed by atoms with Gasteiger partial charge < -0.3 is 20.0 Å². The molecule has 36 heavy (non-hydrogen) atoms. The molecule has 9 nitrogen and oxygen atoms in total. The molecule has 0 saturated heterocycles. The molecule has 1 aliphatic heterocycles. The zero-order valence-electron chi connectivity index (χ0n) is 20.5. The van der Waals surface area contributed by atoms with E-state index in [4.69, 9.17) is 11.6 Å². The zero-order chi connectivity index (χ0) is 25.8. The second kappa shape index (κ2) is 10.8. The molecule has 10 heteroatoms. The zero-order valence-corrected chi connectivity index (χ0v) is 21.3. The minimum atomic E-state index is -0.355. The molecule has 1 N–H and O–H groups in total. The number of likely N-dealkylation sites (N-methyl/N-ethyl adjacent to an activating group) is 1. The number of urea groups is 1. The second-order valence-corrected chi connectivity index (χ2v) is 9.11. The molecular weight excluding hydrogens is 480 g/mol. The Kier molecular flexibility index (Phi) is 7.59. The Morgan fingerprint density at radius 2 is 1.94 bits per heavy atom. The van der Waals surface area contributed by atoms with Gasteiger partial charge in [0.05, 0.1) is 22.8 Å². The van der Waals surface area contributed by atoms with Gasteiger partial charge in [-0.3, -0.25) is 9.59 Å². The summed E-state index contributed by atoms with van der Waals surface area (Å²) in [6, 6.07) is 13.8. The summed E-state index contributed by atoms with van der Waals surface area (Å²) in [7, 11) is 1.69. The van der Waals surface area contributed by atoms with Crippen molar-refractivity contribution >= 4 is 35.1 Å². The molecule has 0 saturated carbocycles. The summed E-state index contributed by atoms with van der Waals surface area (Å²) in [6.07, 6.45) is 3.47. The highest BCUT2D eigenvalue weighted by Crippen LogP contribution is 2.30. The van der Waals surface area contributed by atoms with E-state index in [9.17, 15) is 14.4 Å². The molecule has 2 aromatic carbocycles. The highest BCUT2D eigenvalue weighted by atomic mass is 35.5. The van der Waals surface area contributed by atoms with Gasteiger partial charge in [-0.25, -0.2) is 9.48 Å². The van der Waals surface area contributed by atoms with Gasteiger partial charge in [-0.1, -0.05) is 29.8 Å². The molecule has 4 amide bonds. The Morgan fingerprint density at radius 3 is 2.64 bits per heavy atom. The maximum atomic E-state index is 13.7. The van der Waals surface area contributed by atoms with Gasteiger partial charge in [0.15, 0.2) is 0 Å². The Balaban J connectivity index is 1.58. The minimum absolute atomic E-state index is 0.0884. The first-order chi connectivity index (χ1) is 17.3. The van der Waals surface area contributed by atoms with Gasteiger partial charge in [-0.05, 0) is 49.7 Å². The van der Waals surface area contributed by atoms with Crippen molar-refractivity contribution in [3.8, 4) is 5.69 Å². The monoisotopic (exact) mass is 508 g/mol. The summed E-state index contributed by atoms with van der Waals surface area (Å²) in [5, 5.41) is 7.24. The third-order valence-corrected chi connectivity index (χ3v) is 6.66. The van der Waals surface area contributed by atoms with Crippen molar-refractivity contribution in [1.82, 2.24) is 24.9 Å². The van der Waals surface area contributed by atoms with Crippen molar-refractivity contribution in [1.29, 1.82) is 0 Å². The number of para-hydroxylation sites is 1. The molecule has 0 radical (unpaired) electrons. The van der Waals surface area contributed by atoms with E-state index in [1.807, 2.05) is 44.2 Å². The number of benzene rings is 2. The summed E-state index contributed by atoms with van der Waals surface area (Å²) in [5.74, 6) is -0.424. The van der Waals surface area contributed by atoms with Crippen molar-refractivity contribution < 1.29 is 14.4 Å². The predicted molar refractivity (Wildman–Crippen MR) is 138 cm³/mol. The lowest BCUT2D eigenvalue weighted by atomic mass is 10.1. The van der Waals surface area contributed by atoms with Crippen LogP contribution in [0.2, 0.25) is 5.02 Å². The number of hydrogen-bond donors (Lipinski definition) is 1. The van der Waals surface area contributed by atoms with Crippen molar-refractivity contribution in [2.75, 3.05) is 31.6 Å². The number of nitrogens with zero attached hydrogens (tertiary/aromatic N) is 5. The topological polar surface area (TPSA) is 90.8 Å². The summed E-state index contributed by atoms with van der Waals surface area (Å²) in [6.45, 7) is 4.80. The van der Waals surface area contributed by atoms with Gasteiger partial charge in [-0.2, -0.15) is 5.10 Å². The first-order valence-electron chi connectivity index (χ1n) is 11.8. The van der Waals surface area contributed by atoms with E-state index in [-0.39, 0.29) is 37.0 Å². The average Bonchev–Trinajstić information content (AvgIpc) is 3.38. The molecule has 0 spiro atoms. The molecule has 1 atom stereocenters. The summed E-state index contributed by atoms with van der Waals surface area (Å²) in [4.78, 5) is 43.8. The molecule has 0 unspecified atom stereocenters. The standard InChI is InChI=1S/C26H29ClN6O3/c1-4-30(3)24(34)15-28-26(36)31-17-19-8-5-6-9-23(19)32(16-18(31)2)25(35)21-11-10-20(14-22(21)27)33-13-7-12-29-33/h5-14,18H,4,15-17H2,1-3H3,(H,28,36)/t18-/m1/s1. The maximum Gasteiger partial charge on any atom is 0.318 e. The lowest BCUT2D eigenvalue weighted by molar-refractivity contribution is -0.128. The number of amides is 4. The van der Waals surface area contributed by atoms with Crippen molar-refractivity contribution in [2.24, 2.45) is 0 Å². The second-order valence-electron chi connectivity index (χ2n) is 8.70. The fourth-order valence-electron chi connectivity index (χ4n) is 4.12. The number of carbonyl (C=O) groups excluding carboxylic acids is 3. The number of anilines is 1. The summed E-state index contributed by atoms with van der Waals surface area (Å²) in [5.41, 5.74) is 2.66. The van der Waals surface area contributed by atoms with Gasteiger partial charge in [0.2, 0.25) is 5.91 Å².